The molecule has 2 N–H and O–H groups in total. The highest BCUT2D eigenvalue weighted by Crippen LogP contribution is 2.17. The van der Waals surface area contributed by atoms with Crippen LogP contribution in [0.5, 0.6) is 5.75 Å². The van der Waals surface area contributed by atoms with Gasteiger partial charge in [0.1, 0.15) is 17.4 Å². The fourth-order valence-electron chi connectivity index (χ4n) is 2.46. The first-order chi connectivity index (χ1) is 13.9. The van der Waals surface area contributed by atoms with Crippen molar-refractivity contribution < 1.29 is 23.1 Å². The molecule has 29 heavy (non-hydrogen) atoms. The Bertz CT molecular complexity index is 988. The highest BCUT2D eigenvalue weighted by Gasteiger charge is 2.15. The third-order valence-electron chi connectivity index (χ3n) is 4.01. The molecule has 0 aromatic heterocycles. The van der Waals surface area contributed by atoms with Crippen molar-refractivity contribution in [3.63, 3.8) is 0 Å². The SMILES string of the molecule is C[C@@H](Oc1ccc(C(=O)Nc2ccc(F)cc2)cc1)C(=O)Nc1ccc(F)cc1. The van der Waals surface area contributed by atoms with E-state index in [-0.39, 0.29) is 11.7 Å². The number of carbonyl (C=O) groups is 2. The third kappa shape index (κ3) is 5.62. The molecule has 148 valence electrons. The quantitative estimate of drug-likeness (QED) is 0.639. The standard InChI is InChI=1S/C22H18F2N2O3/c1-14(21(27)25-18-8-4-16(23)5-9-18)29-20-12-2-15(3-13-20)22(28)26-19-10-6-17(24)7-11-19/h2-14H,1H3,(H,25,27)(H,26,28)/t14-/m1/s1. The fourth-order valence-corrected chi connectivity index (χ4v) is 2.46. The molecule has 3 rings (SSSR count). The molecule has 3 aromatic carbocycles. The minimum atomic E-state index is -0.807. The highest BCUT2D eigenvalue weighted by molar-refractivity contribution is 6.04. The van der Waals surface area contributed by atoms with Crippen molar-refractivity contribution in [2.24, 2.45) is 0 Å². The topological polar surface area (TPSA) is 67.4 Å². The zero-order valence-corrected chi connectivity index (χ0v) is 15.5. The maximum Gasteiger partial charge on any atom is 0.265 e. The first kappa shape index (κ1) is 20.0. The Hall–Kier alpha value is -3.74. The Kier molecular flexibility index (Phi) is 6.19. The molecular weight excluding hydrogens is 378 g/mol. The number of anilines is 2. The van der Waals surface area contributed by atoms with Gasteiger partial charge in [-0.25, -0.2) is 8.78 Å². The predicted molar refractivity (Wildman–Crippen MR) is 106 cm³/mol. The van der Waals surface area contributed by atoms with Gasteiger partial charge in [0.25, 0.3) is 11.8 Å². The van der Waals surface area contributed by atoms with Crippen LogP contribution >= 0.6 is 0 Å². The van der Waals surface area contributed by atoms with Crippen molar-refractivity contribution in [1.82, 2.24) is 0 Å². The number of rotatable bonds is 6. The molecule has 5 nitrogen and oxygen atoms in total. The normalized spacial score (nSPS) is 11.4. The molecule has 7 heteroatoms. The molecule has 2 amide bonds. The van der Waals surface area contributed by atoms with E-state index in [0.717, 1.165) is 0 Å². The van der Waals surface area contributed by atoms with Gasteiger partial charge in [-0.3, -0.25) is 9.59 Å². The monoisotopic (exact) mass is 396 g/mol. The average Bonchev–Trinajstić information content (AvgIpc) is 2.72. The van der Waals surface area contributed by atoms with E-state index in [4.69, 9.17) is 4.74 Å². The molecule has 0 aliphatic carbocycles. The molecule has 0 heterocycles. The van der Waals surface area contributed by atoms with E-state index in [1.54, 1.807) is 31.2 Å². The lowest BCUT2D eigenvalue weighted by Crippen LogP contribution is -2.30. The Morgan fingerprint density at radius 1 is 0.759 bits per heavy atom. The molecular formula is C22H18F2N2O3. The van der Waals surface area contributed by atoms with E-state index < -0.39 is 17.8 Å². The van der Waals surface area contributed by atoms with Crippen molar-refractivity contribution in [2.45, 2.75) is 13.0 Å². The van der Waals surface area contributed by atoms with E-state index >= 15 is 0 Å². The lowest BCUT2D eigenvalue weighted by molar-refractivity contribution is -0.122. The van der Waals surface area contributed by atoms with Crippen LogP contribution in [0.25, 0.3) is 0 Å². The van der Waals surface area contributed by atoms with Gasteiger partial charge >= 0.3 is 0 Å². The predicted octanol–water partition coefficient (Wildman–Crippen LogP) is 4.62. The number of amides is 2. The van der Waals surface area contributed by atoms with Crippen molar-refractivity contribution in [3.8, 4) is 5.75 Å². The van der Waals surface area contributed by atoms with Crippen LogP contribution in [0.4, 0.5) is 20.2 Å². The second-order valence-electron chi connectivity index (χ2n) is 6.24. The zero-order chi connectivity index (χ0) is 20.8. The summed E-state index contributed by atoms with van der Waals surface area (Å²) in [6.07, 6.45) is -0.807. The van der Waals surface area contributed by atoms with Gasteiger partial charge in [0.05, 0.1) is 0 Å². The number of nitrogens with one attached hydrogen (secondary N) is 2. The maximum absolute atomic E-state index is 12.9. The zero-order valence-electron chi connectivity index (χ0n) is 15.5. The first-order valence-corrected chi connectivity index (χ1v) is 8.81. The number of hydrogen-bond acceptors (Lipinski definition) is 3. The summed E-state index contributed by atoms with van der Waals surface area (Å²) < 4.78 is 31.4. The number of ether oxygens (including phenoxy) is 1. The van der Waals surface area contributed by atoms with Gasteiger partial charge in [-0.1, -0.05) is 0 Å². The summed E-state index contributed by atoms with van der Waals surface area (Å²) in [5.41, 5.74) is 1.31. The van der Waals surface area contributed by atoms with Gasteiger partial charge in [0.15, 0.2) is 6.10 Å². The second kappa shape index (κ2) is 8.97. The largest absolute Gasteiger partial charge is 0.481 e. The average molecular weight is 396 g/mol. The second-order valence-corrected chi connectivity index (χ2v) is 6.24. The van der Waals surface area contributed by atoms with E-state index in [2.05, 4.69) is 10.6 Å². The van der Waals surface area contributed by atoms with Gasteiger partial charge in [-0.05, 0) is 79.7 Å². The lowest BCUT2D eigenvalue weighted by Gasteiger charge is -2.15. The molecule has 0 spiro atoms. The molecule has 0 saturated heterocycles. The molecule has 1 atom stereocenters. The number of benzene rings is 3. The summed E-state index contributed by atoms with van der Waals surface area (Å²) in [4.78, 5) is 24.4. The molecule has 0 aliphatic rings. The fraction of sp³-hybridized carbons (Fsp3) is 0.0909. The van der Waals surface area contributed by atoms with Gasteiger partial charge in [0, 0.05) is 16.9 Å². The first-order valence-electron chi connectivity index (χ1n) is 8.81. The van der Waals surface area contributed by atoms with Crippen molar-refractivity contribution in [3.05, 3.63) is 90.0 Å². The summed E-state index contributed by atoms with van der Waals surface area (Å²) >= 11 is 0. The number of halogens is 2. The molecule has 0 saturated carbocycles. The van der Waals surface area contributed by atoms with Gasteiger partial charge in [-0.2, -0.15) is 0 Å². The van der Waals surface area contributed by atoms with Gasteiger partial charge in [-0.15, -0.1) is 0 Å². The smallest absolute Gasteiger partial charge is 0.265 e. The van der Waals surface area contributed by atoms with Gasteiger partial charge in [0.2, 0.25) is 0 Å². The Morgan fingerprint density at radius 3 is 1.76 bits per heavy atom. The minimum absolute atomic E-state index is 0.356. The van der Waals surface area contributed by atoms with Crippen LogP contribution in [0.1, 0.15) is 17.3 Å². The van der Waals surface area contributed by atoms with Crippen LogP contribution in [0.15, 0.2) is 72.8 Å². The van der Waals surface area contributed by atoms with E-state index in [1.165, 1.54) is 48.5 Å². The Morgan fingerprint density at radius 2 is 1.24 bits per heavy atom. The van der Waals surface area contributed by atoms with E-state index in [1.807, 2.05) is 0 Å². The van der Waals surface area contributed by atoms with E-state index in [9.17, 15) is 18.4 Å². The highest BCUT2D eigenvalue weighted by atomic mass is 19.1. The number of hydrogen-bond donors (Lipinski definition) is 2. The van der Waals surface area contributed by atoms with Crippen LogP contribution in [0.3, 0.4) is 0 Å². The third-order valence-corrected chi connectivity index (χ3v) is 4.01. The van der Waals surface area contributed by atoms with Crippen molar-refractivity contribution in [2.75, 3.05) is 10.6 Å². The Balaban J connectivity index is 1.56. The minimum Gasteiger partial charge on any atom is -0.481 e. The summed E-state index contributed by atoms with van der Waals surface area (Å²) in [5, 5.41) is 5.29. The lowest BCUT2D eigenvalue weighted by atomic mass is 10.2. The summed E-state index contributed by atoms with van der Waals surface area (Å²) in [6, 6.07) is 17.1. The van der Waals surface area contributed by atoms with E-state index in [0.29, 0.717) is 22.7 Å². The molecule has 0 radical (unpaired) electrons. The van der Waals surface area contributed by atoms with Crippen molar-refractivity contribution >= 4 is 23.2 Å². The molecule has 0 bridgehead atoms. The Labute approximate surface area is 166 Å². The van der Waals surface area contributed by atoms with Crippen LogP contribution < -0.4 is 15.4 Å². The maximum atomic E-state index is 12.9. The van der Waals surface area contributed by atoms with Crippen LogP contribution in [0, 0.1) is 11.6 Å². The van der Waals surface area contributed by atoms with Crippen LogP contribution in [-0.2, 0) is 4.79 Å². The summed E-state index contributed by atoms with van der Waals surface area (Å²) in [5.74, 6) is -1.12. The molecule has 0 unspecified atom stereocenters. The molecule has 0 fully saturated rings. The number of carbonyl (C=O) groups excluding carboxylic acids is 2. The summed E-state index contributed by atoms with van der Waals surface area (Å²) in [7, 11) is 0. The van der Waals surface area contributed by atoms with Crippen molar-refractivity contribution in [1.29, 1.82) is 0 Å². The molecule has 3 aromatic rings. The van der Waals surface area contributed by atoms with Crippen LogP contribution in [-0.4, -0.2) is 17.9 Å². The summed E-state index contributed by atoms with van der Waals surface area (Å²) in [6.45, 7) is 1.58. The van der Waals surface area contributed by atoms with Gasteiger partial charge < -0.3 is 15.4 Å². The molecule has 0 aliphatic heterocycles. The van der Waals surface area contributed by atoms with Crippen LogP contribution in [0.2, 0.25) is 0 Å².